The van der Waals surface area contributed by atoms with Crippen LogP contribution in [-0.2, 0) is 14.8 Å². The summed E-state index contributed by atoms with van der Waals surface area (Å²) in [7, 11) is -4.21. The van der Waals surface area contributed by atoms with Gasteiger partial charge in [0.05, 0.1) is 5.69 Å². The second kappa shape index (κ2) is 7.92. The molecule has 1 N–H and O–H groups in total. The zero-order valence-electron chi connectivity index (χ0n) is 15.1. The smallest absolute Gasteiger partial charge is 0.246 e. The molecule has 9 heteroatoms. The second-order valence-electron chi connectivity index (χ2n) is 6.73. The lowest BCUT2D eigenvalue weighted by Crippen LogP contribution is -2.41. The van der Waals surface area contributed by atoms with Gasteiger partial charge in [-0.25, -0.2) is 21.6 Å². The van der Waals surface area contributed by atoms with Crippen LogP contribution >= 0.6 is 0 Å². The minimum atomic E-state index is -4.21. The monoisotopic (exact) mass is 412 g/mol. The number of amides is 1. The van der Waals surface area contributed by atoms with E-state index in [0.29, 0.717) is 6.07 Å². The lowest BCUT2D eigenvalue weighted by molar-refractivity contribution is -0.120. The van der Waals surface area contributed by atoms with Crippen LogP contribution < -0.4 is 5.32 Å². The summed E-state index contributed by atoms with van der Waals surface area (Å²) in [5.41, 5.74) is 0.858. The first kappa shape index (κ1) is 20.3. The number of sulfonamides is 1. The van der Waals surface area contributed by atoms with E-state index in [4.69, 9.17) is 0 Å². The number of carbonyl (C=O) groups is 1. The number of hydrogen-bond donors (Lipinski definition) is 1. The van der Waals surface area contributed by atoms with Gasteiger partial charge in [-0.15, -0.1) is 0 Å². The Kier molecular flexibility index (Phi) is 5.76. The van der Waals surface area contributed by atoms with Gasteiger partial charge in [0.2, 0.25) is 15.9 Å². The highest BCUT2D eigenvalue weighted by Gasteiger charge is 2.34. The van der Waals surface area contributed by atoms with Crippen molar-refractivity contribution in [2.75, 3.05) is 18.4 Å². The molecular formula is C19H19F3N2O3S. The van der Waals surface area contributed by atoms with Crippen LogP contribution in [0.5, 0.6) is 0 Å². The molecule has 2 aromatic carbocycles. The fourth-order valence-corrected chi connectivity index (χ4v) is 4.69. The molecule has 0 radical (unpaired) electrons. The van der Waals surface area contributed by atoms with Gasteiger partial charge in [-0.3, -0.25) is 4.79 Å². The van der Waals surface area contributed by atoms with Crippen LogP contribution in [-0.4, -0.2) is 31.7 Å². The first-order chi connectivity index (χ1) is 13.2. The number of rotatable bonds is 4. The highest BCUT2D eigenvalue weighted by molar-refractivity contribution is 7.89. The molecule has 1 heterocycles. The number of nitrogens with one attached hydrogen (secondary N) is 1. The van der Waals surface area contributed by atoms with Gasteiger partial charge < -0.3 is 5.32 Å². The normalized spacial score (nSPS) is 16.1. The molecule has 1 aliphatic heterocycles. The number of aryl methyl sites for hydroxylation is 1. The maximum Gasteiger partial charge on any atom is 0.246 e. The molecule has 0 unspecified atom stereocenters. The fraction of sp³-hybridized carbons (Fsp3) is 0.316. The second-order valence-corrected chi connectivity index (χ2v) is 8.63. The predicted octanol–water partition coefficient (Wildman–Crippen LogP) is 3.45. The van der Waals surface area contributed by atoms with Gasteiger partial charge in [0, 0.05) is 19.0 Å². The largest absolute Gasteiger partial charge is 0.323 e. The Balaban J connectivity index is 1.67. The number of nitrogens with zero attached hydrogens (tertiary/aromatic N) is 1. The van der Waals surface area contributed by atoms with Crippen LogP contribution in [0.15, 0.2) is 41.3 Å². The maximum atomic E-state index is 13.9. The van der Waals surface area contributed by atoms with Gasteiger partial charge in [0.15, 0.2) is 0 Å². The van der Waals surface area contributed by atoms with E-state index in [1.807, 2.05) is 0 Å². The molecule has 1 aliphatic rings. The third kappa shape index (κ3) is 4.20. The molecule has 1 fully saturated rings. The van der Waals surface area contributed by atoms with Crippen molar-refractivity contribution < 1.29 is 26.4 Å². The summed E-state index contributed by atoms with van der Waals surface area (Å²) in [6.45, 7) is 1.73. The molecule has 3 rings (SSSR count). The first-order valence-corrected chi connectivity index (χ1v) is 10.1. The fourth-order valence-electron chi connectivity index (χ4n) is 3.14. The zero-order chi connectivity index (χ0) is 20.5. The SMILES string of the molecule is Cc1ccc(F)c(NC(=O)C2CCN(S(=O)(=O)c3cc(F)ccc3F)CC2)c1. The zero-order valence-corrected chi connectivity index (χ0v) is 15.9. The summed E-state index contributed by atoms with van der Waals surface area (Å²) in [6.07, 6.45) is 0.380. The van der Waals surface area contributed by atoms with Crippen LogP contribution in [0.4, 0.5) is 18.9 Å². The lowest BCUT2D eigenvalue weighted by Gasteiger charge is -2.30. The third-order valence-corrected chi connectivity index (χ3v) is 6.63. The third-order valence-electron chi connectivity index (χ3n) is 4.72. The van der Waals surface area contributed by atoms with Crippen molar-refractivity contribution in [2.45, 2.75) is 24.7 Å². The van der Waals surface area contributed by atoms with Crippen LogP contribution in [0.25, 0.3) is 0 Å². The number of halogens is 3. The molecule has 1 saturated heterocycles. The van der Waals surface area contributed by atoms with Crippen molar-refractivity contribution in [2.24, 2.45) is 5.92 Å². The van der Waals surface area contributed by atoms with Crippen molar-refractivity contribution in [3.8, 4) is 0 Å². The molecule has 150 valence electrons. The number of hydrogen-bond acceptors (Lipinski definition) is 3. The van der Waals surface area contributed by atoms with Crippen molar-refractivity contribution >= 4 is 21.6 Å². The van der Waals surface area contributed by atoms with Gasteiger partial charge in [0.1, 0.15) is 22.3 Å². The average Bonchev–Trinajstić information content (AvgIpc) is 2.66. The van der Waals surface area contributed by atoms with Crippen molar-refractivity contribution in [1.29, 1.82) is 0 Å². The van der Waals surface area contributed by atoms with E-state index in [9.17, 15) is 26.4 Å². The number of benzene rings is 2. The Hall–Kier alpha value is -2.39. The lowest BCUT2D eigenvalue weighted by atomic mass is 9.97. The maximum absolute atomic E-state index is 13.9. The molecule has 0 bridgehead atoms. The molecule has 2 aromatic rings. The Labute approximate surface area is 161 Å². The standard InChI is InChI=1S/C19H19F3N2O3S/c1-12-2-4-15(21)17(10-12)23-19(25)13-6-8-24(9-7-13)28(26,27)18-11-14(20)3-5-16(18)22/h2-5,10-11,13H,6-9H2,1H3,(H,23,25). The summed E-state index contributed by atoms with van der Waals surface area (Å²) in [6, 6.07) is 6.60. The highest BCUT2D eigenvalue weighted by Crippen LogP contribution is 2.27. The van der Waals surface area contributed by atoms with E-state index in [2.05, 4.69) is 5.32 Å². The van der Waals surface area contributed by atoms with Crippen LogP contribution in [0.3, 0.4) is 0 Å². The molecule has 0 aromatic heterocycles. The predicted molar refractivity (Wildman–Crippen MR) is 97.6 cm³/mol. The van der Waals surface area contributed by atoms with Crippen LogP contribution in [0.1, 0.15) is 18.4 Å². The average molecular weight is 412 g/mol. The van der Waals surface area contributed by atoms with Crippen LogP contribution in [0, 0.1) is 30.3 Å². The van der Waals surface area contributed by atoms with Crippen molar-refractivity contribution in [3.63, 3.8) is 0 Å². The molecular weight excluding hydrogens is 393 g/mol. The van der Waals surface area contributed by atoms with E-state index >= 15 is 0 Å². The number of anilines is 1. The molecule has 0 aliphatic carbocycles. The van der Waals surface area contributed by atoms with Crippen LogP contribution in [0.2, 0.25) is 0 Å². The Morgan fingerprint density at radius 1 is 1.04 bits per heavy atom. The Morgan fingerprint density at radius 3 is 2.36 bits per heavy atom. The minimum Gasteiger partial charge on any atom is -0.323 e. The van der Waals surface area contributed by atoms with Crippen molar-refractivity contribution in [3.05, 3.63) is 59.4 Å². The molecule has 0 spiro atoms. The van der Waals surface area contributed by atoms with Crippen molar-refractivity contribution in [1.82, 2.24) is 4.31 Å². The highest BCUT2D eigenvalue weighted by atomic mass is 32.2. The van der Waals surface area contributed by atoms with Gasteiger partial charge in [-0.05, 0) is 55.7 Å². The first-order valence-electron chi connectivity index (χ1n) is 8.70. The molecule has 1 amide bonds. The summed E-state index contributed by atoms with van der Waals surface area (Å²) in [5, 5.41) is 2.53. The van der Waals surface area contributed by atoms with Gasteiger partial charge >= 0.3 is 0 Å². The van der Waals surface area contributed by atoms with E-state index in [-0.39, 0.29) is 31.6 Å². The van der Waals surface area contributed by atoms with Gasteiger partial charge in [-0.2, -0.15) is 4.31 Å². The number of piperidine rings is 1. The Bertz CT molecular complexity index is 1000. The topological polar surface area (TPSA) is 66.5 Å². The summed E-state index contributed by atoms with van der Waals surface area (Å²) in [4.78, 5) is 11.7. The summed E-state index contributed by atoms with van der Waals surface area (Å²) < 4.78 is 67.2. The molecule has 5 nitrogen and oxygen atoms in total. The van der Waals surface area contributed by atoms with E-state index < -0.39 is 44.2 Å². The van der Waals surface area contributed by atoms with Gasteiger partial charge in [-0.1, -0.05) is 6.07 Å². The summed E-state index contributed by atoms with van der Waals surface area (Å²) >= 11 is 0. The summed E-state index contributed by atoms with van der Waals surface area (Å²) in [5.74, 6) is -3.35. The quantitative estimate of drug-likeness (QED) is 0.837. The molecule has 0 atom stereocenters. The van der Waals surface area contributed by atoms with E-state index in [1.54, 1.807) is 13.0 Å². The Morgan fingerprint density at radius 2 is 1.68 bits per heavy atom. The van der Waals surface area contributed by atoms with E-state index in [0.717, 1.165) is 22.0 Å². The molecule has 28 heavy (non-hydrogen) atoms. The molecule has 0 saturated carbocycles. The minimum absolute atomic E-state index is 0.0212. The van der Waals surface area contributed by atoms with E-state index in [1.165, 1.54) is 12.1 Å². The van der Waals surface area contributed by atoms with Gasteiger partial charge in [0.25, 0.3) is 0 Å². The number of carbonyl (C=O) groups excluding carboxylic acids is 1.